The number of benzene rings is 3. The fraction of sp³-hybridized carbons (Fsp3) is 0.143. The third-order valence-electron chi connectivity index (χ3n) is 4.29. The Kier molecular flexibility index (Phi) is 6.03. The van der Waals surface area contributed by atoms with Gasteiger partial charge in [-0.15, -0.1) is 0 Å². The van der Waals surface area contributed by atoms with Gasteiger partial charge in [-0.25, -0.2) is 17.2 Å². The molecule has 0 aliphatic rings. The second-order valence-corrected chi connectivity index (χ2v) is 8.15. The summed E-state index contributed by atoms with van der Waals surface area (Å²) in [7, 11) is -1.01. The predicted molar refractivity (Wildman–Crippen MR) is 106 cm³/mol. The van der Waals surface area contributed by atoms with Crippen molar-refractivity contribution >= 4 is 15.7 Å². The Morgan fingerprint density at radius 3 is 2.17 bits per heavy atom. The molecule has 3 aromatic rings. The molecule has 3 rings (SSSR count). The number of anilines is 1. The molecule has 0 aliphatic carbocycles. The minimum atomic E-state index is -3.82. The van der Waals surface area contributed by atoms with Gasteiger partial charge in [0.05, 0.1) is 17.7 Å². The Morgan fingerprint density at radius 2 is 1.59 bits per heavy atom. The Labute approximate surface area is 168 Å². The van der Waals surface area contributed by atoms with Gasteiger partial charge in [0.1, 0.15) is 18.2 Å². The van der Waals surface area contributed by atoms with Gasteiger partial charge in [0.2, 0.25) is 0 Å². The second kappa shape index (κ2) is 8.48. The van der Waals surface area contributed by atoms with Gasteiger partial charge in [-0.05, 0) is 66.2 Å². The molecule has 0 heterocycles. The molecule has 29 heavy (non-hydrogen) atoms. The highest BCUT2D eigenvalue weighted by molar-refractivity contribution is 7.92. The molecule has 0 saturated carbocycles. The van der Waals surface area contributed by atoms with Crippen molar-refractivity contribution < 1.29 is 26.7 Å². The van der Waals surface area contributed by atoms with E-state index in [2.05, 4.69) is 0 Å². The first-order chi connectivity index (χ1) is 13.8. The van der Waals surface area contributed by atoms with Crippen molar-refractivity contribution in [2.75, 3.05) is 18.5 Å². The summed E-state index contributed by atoms with van der Waals surface area (Å²) in [5.41, 5.74) is 1.04. The molecule has 8 heteroatoms. The van der Waals surface area contributed by atoms with Crippen molar-refractivity contribution in [1.29, 1.82) is 0 Å². The van der Waals surface area contributed by atoms with Crippen molar-refractivity contribution in [3.63, 3.8) is 0 Å². The van der Waals surface area contributed by atoms with Crippen molar-refractivity contribution in [2.45, 2.75) is 11.5 Å². The zero-order chi connectivity index (χ0) is 21.0. The van der Waals surface area contributed by atoms with Crippen LogP contribution in [0.4, 0.5) is 14.5 Å². The minimum absolute atomic E-state index is 0.0109. The summed E-state index contributed by atoms with van der Waals surface area (Å²) in [6.07, 6.45) is 0. The number of ether oxygens (including phenoxy) is 2. The quantitative estimate of drug-likeness (QED) is 0.570. The lowest BCUT2D eigenvalue weighted by Gasteiger charge is -2.20. The lowest BCUT2D eigenvalue weighted by atomic mass is 10.2. The summed E-state index contributed by atoms with van der Waals surface area (Å²) in [6, 6.07) is 15.6. The van der Waals surface area contributed by atoms with Gasteiger partial charge in [-0.2, -0.15) is 0 Å². The number of methoxy groups -OCH3 is 1. The van der Waals surface area contributed by atoms with Crippen LogP contribution in [0, 0.1) is 11.6 Å². The Bertz CT molecular complexity index is 1080. The van der Waals surface area contributed by atoms with Crippen LogP contribution in [0.5, 0.6) is 11.5 Å². The van der Waals surface area contributed by atoms with Gasteiger partial charge in [-0.3, -0.25) is 4.31 Å². The summed E-state index contributed by atoms with van der Waals surface area (Å²) in [5.74, 6) is -0.331. The second-order valence-electron chi connectivity index (χ2n) is 6.18. The molecule has 0 bridgehead atoms. The average molecular weight is 419 g/mol. The van der Waals surface area contributed by atoms with Crippen LogP contribution >= 0.6 is 0 Å². The number of hydrogen-bond donors (Lipinski definition) is 0. The smallest absolute Gasteiger partial charge is 0.264 e. The van der Waals surface area contributed by atoms with Crippen LogP contribution in [0.15, 0.2) is 71.6 Å². The molecule has 5 nitrogen and oxygen atoms in total. The molecule has 3 aromatic carbocycles. The highest BCUT2D eigenvalue weighted by atomic mass is 32.2. The van der Waals surface area contributed by atoms with E-state index in [1.54, 1.807) is 30.3 Å². The molecular weight excluding hydrogens is 400 g/mol. The summed E-state index contributed by atoms with van der Waals surface area (Å²) < 4.78 is 63.7. The zero-order valence-corrected chi connectivity index (χ0v) is 16.6. The maximum Gasteiger partial charge on any atom is 0.264 e. The lowest BCUT2D eigenvalue weighted by Crippen LogP contribution is -2.26. The van der Waals surface area contributed by atoms with Crippen LogP contribution < -0.4 is 13.8 Å². The van der Waals surface area contributed by atoms with E-state index in [0.717, 1.165) is 16.4 Å². The molecule has 0 atom stereocenters. The molecule has 0 radical (unpaired) electrons. The van der Waals surface area contributed by atoms with E-state index in [1.165, 1.54) is 38.4 Å². The number of rotatable bonds is 7. The summed E-state index contributed by atoms with van der Waals surface area (Å²) >= 11 is 0. The normalized spacial score (nSPS) is 11.2. The molecule has 0 spiro atoms. The van der Waals surface area contributed by atoms with Gasteiger partial charge in [0, 0.05) is 7.05 Å². The van der Waals surface area contributed by atoms with Gasteiger partial charge in [0.25, 0.3) is 10.0 Å². The number of sulfonamides is 1. The summed E-state index contributed by atoms with van der Waals surface area (Å²) in [4.78, 5) is -0.0109. The molecule has 0 saturated heterocycles. The van der Waals surface area contributed by atoms with E-state index in [1.807, 2.05) is 0 Å². The summed E-state index contributed by atoms with van der Waals surface area (Å²) in [6.45, 7) is 0.143. The molecule has 0 amide bonds. The van der Waals surface area contributed by atoms with E-state index >= 15 is 0 Å². The highest BCUT2D eigenvalue weighted by Crippen LogP contribution is 2.25. The van der Waals surface area contributed by atoms with Gasteiger partial charge in [0.15, 0.2) is 11.6 Å². The van der Waals surface area contributed by atoms with Crippen LogP contribution in [0.1, 0.15) is 5.56 Å². The molecule has 0 aliphatic heterocycles. The number of nitrogens with zero attached hydrogens (tertiary/aromatic N) is 1. The maximum atomic E-state index is 13.7. The molecule has 0 aromatic heterocycles. The fourth-order valence-corrected chi connectivity index (χ4v) is 3.82. The Balaban J connectivity index is 1.69. The number of halogens is 2. The predicted octanol–water partition coefficient (Wildman–Crippen LogP) is 4.38. The molecule has 0 fully saturated rings. The minimum Gasteiger partial charge on any atom is -0.494 e. The van der Waals surface area contributed by atoms with Crippen molar-refractivity contribution in [3.8, 4) is 11.5 Å². The Morgan fingerprint density at radius 1 is 0.931 bits per heavy atom. The highest BCUT2D eigenvalue weighted by Gasteiger charge is 2.21. The fourth-order valence-electron chi connectivity index (χ4n) is 2.62. The largest absolute Gasteiger partial charge is 0.494 e. The van der Waals surface area contributed by atoms with Crippen LogP contribution in [0.25, 0.3) is 0 Å². The standard InChI is InChI=1S/C21H19F2NO4S/c1-24(29(25,26)19-10-4-16(22)5-11-19)17-6-8-18(9-7-17)28-14-15-3-12-21(27-2)20(23)13-15/h3-13H,14H2,1-2H3. The molecule has 152 valence electrons. The number of hydrogen-bond acceptors (Lipinski definition) is 4. The third kappa shape index (κ3) is 4.65. The van der Waals surface area contributed by atoms with Crippen molar-refractivity contribution in [3.05, 3.63) is 83.9 Å². The van der Waals surface area contributed by atoms with E-state index in [-0.39, 0.29) is 17.3 Å². The summed E-state index contributed by atoms with van der Waals surface area (Å²) in [5, 5.41) is 0. The molecule has 0 N–H and O–H groups in total. The van der Waals surface area contributed by atoms with Gasteiger partial charge in [-0.1, -0.05) is 6.07 Å². The average Bonchev–Trinajstić information content (AvgIpc) is 2.72. The first kappa shape index (κ1) is 20.6. The van der Waals surface area contributed by atoms with E-state index in [0.29, 0.717) is 17.0 Å². The lowest BCUT2D eigenvalue weighted by molar-refractivity contribution is 0.304. The van der Waals surface area contributed by atoms with Crippen molar-refractivity contribution in [1.82, 2.24) is 0 Å². The first-order valence-corrected chi connectivity index (χ1v) is 10.0. The van der Waals surface area contributed by atoms with Crippen molar-refractivity contribution in [2.24, 2.45) is 0 Å². The zero-order valence-electron chi connectivity index (χ0n) is 15.8. The van der Waals surface area contributed by atoms with Crippen LogP contribution in [-0.2, 0) is 16.6 Å². The Hall–Kier alpha value is -3.13. The topological polar surface area (TPSA) is 55.8 Å². The monoisotopic (exact) mass is 419 g/mol. The van der Waals surface area contributed by atoms with Gasteiger partial charge >= 0.3 is 0 Å². The van der Waals surface area contributed by atoms with Crippen LogP contribution in [0.3, 0.4) is 0 Å². The van der Waals surface area contributed by atoms with Gasteiger partial charge < -0.3 is 9.47 Å². The maximum absolute atomic E-state index is 13.7. The van der Waals surface area contributed by atoms with Crippen LogP contribution in [-0.4, -0.2) is 22.6 Å². The molecular formula is C21H19F2NO4S. The SMILES string of the molecule is COc1ccc(COc2ccc(N(C)S(=O)(=O)c3ccc(F)cc3)cc2)cc1F. The third-order valence-corrected chi connectivity index (χ3v) is 6.09. The van der Waals surface area contributed by atoms with E-state index < -0.39 is 21.7 Å². The first-order valence-electron chi connectivity index (χ1n) is 8.61. The van der Waals surface area contributed by atoms with Crippen LogP contribution in [0.2, 0.25) is 0 Å². The van der Waals surface area contributed by atoms with E-state index in [4.69, 9.17) is 9.47 Å². The molecule has 0 unspecified atom stereocenters. The van der Waals surface area contributed by atoms with E-state index in [9.17, 15) is 17.2 Å².